The topological polar surface area (TPSA) is 20.3 Å². The summed E-state index contributed by atoms with van der Waals surface area (Å²) in [7, 11) is 0. The van der Waals surface area contributed by atoms with Gasteiger partial charge in [-0.25, -0.2) is 0 Å². The molecule has 0 aromatic heterocycles. The van der Waals surface area contributed by atoms with E-state index in [1.165, 1.54) is 23.2 Å². The molecule has 0 unspecified atom stereocenters. The molecule has 1 aromatic rings. The Balaban J connectivity index is 2.14. The van der Waals surface area contributed by atoms with Gasteiger partial charge in [-0.1, -0.05) is 38.0 Å². The third-order valence-corrected chi connectivity index (χ3v) is 3.71. The van der Waals surface area contributed by atoms with Crippen LogP contribution in [0.1, 0.15) is 50.2 Å². The number of unbranched alkanes of at least 4 members (excludes halogenated alkanes) is 2. The summed E-state index contributed by atoms with van der Waals surface area (Å²) in [5.41, 5.74) is 3.76. The quantitative estimate of drug-likeness (QED) is 0.738. The molecular formula is C16H23NO. The fourth-order valence-corrected chi connectivity index (χ4v) is 2.76. The Morgan fingerprint density at radius 1 is 1.33 bits per heavy atom. The first-order chi connectivity index (χ1) is 8.74. The Kier molecular flexibility index (Phi) is 4.40. The molecule has 0 spiro atoms. The molecule has 0 aliphatic carbocycles. The lowest BCUT2D eigenvalue weighted by Gasteiger charge is -2.31. The van der Waals surface area contributed by atoms with Crippen LogP contribution in [0.15, 0.2) is 18.2 Å². The van der Waals surface area contributed by atoms with Crippen LogP contribution in [0.3, 0.4) is 0 Å². The Bertz CT molecular complexity index is 425. The van der Waals surface area contributed by atoms with Crippen molar-refractivity contribution < 1.29 is 4.79 Å². The van der Waals surface area contributed by atoms with Gasteiger partial charge in [0.2, 0.25) is 5.91 Å². The highest BCUT2D eigenvalue weighted by atomic mass is 16.2. The maximum absolute atomic E-state index is 12.3. The highest BCUT2D eigenvalue weighted by molar-refractivity contribution is 5.95. The van der Waals surface area contributed by atoms with E-state index in [0.717, 1.165) is 32.2 Å². The van der Waals surface area contributed by atoms with Crippen LogP contribution in [0, 0.1) is 6.92 Å². The number of hydrogen-bond donors (Lipinski definition) is 0. The van der Waals surface area contributed by atoms with Crippen LogP contribution in [-0.4, -0.2) is 12.5 Å². The number of aryl methyl sites for hydroxylation is 2. The van der Waals surface area contributed by atoms with Gasteiger partial charge >= 0.3 is 0 Å². The smallest absolute Gasteiger partial charge is 0.226 e. The van der Waals surface area contributed by atoms with Crippen molar-refractivity contribution in [3.63, 3.8) is 0 Å². The number of benzene rings is 1. The third-order valence-electron chi connectivity index (χ3n) is 3.71. The van der Waals surface area contributed by atoms with E-state index in [-0.39, 0.29) is 0 Å². The average molecular weight is 245 g/mol. The van der Waals surface area contributed by atoms with Gasteiger partial charge in [0.25, 0.3) is 0 Å². The minimum atomic E-state index is 0.304. The van der Waals surface area contributed by atoms with Crippen LogP contribution >= 0.6 is 0 Å². The molecule has 98 valence electrons. The first kappa shape index (κ1) is 13.1. The highest BCUT2D eigenvalue weighted by Gasteiger charge is 2.23. The first-order valence-electron chi connectivity index (χ1n) is 7.13. The molecule has 1 aromatic carbocycles. The largest absolute Gasteiger partial charge is 0.312 e. The summed E-state index contributed by atoms with van der Waals surface area (Å²) in [6.07, 6.45) is 6.24. The first-order valence-corrected chi connectivity index (χ1v) is 7.13. The van der Waals surface area contributed by atoms with Gasteiger partial charge in [-0.2, -0.15) is 0 Å². The summed E-state index contributed by atoms with van der Waals surface area (Å²) in [5, 5.41) is 0. The maximum atomic E-state index is 12.3. The summed E-state index contributed by atoms with van der Waals surface area (Å²) in [6, 6.07) is 6.36. The molecule has 0 N–H and O–H groups in total. The zero-order chi connectivity index (χ0) is 13.0. The molecule has 0 fully saturated rings. The van der Waals surface area contributed by atoms with Crippen molar-refractivity contribution >= 4 is 11.6 Å². The van der Waals surface area contributed by atoms with E-state index < -0.39 is 0 Å². The van der Waals surface area contributed by atoms with Gasteiger partial charge < -0.3 is 4.90 Å². The molecule has 1 heterocycles. The van der Waals surface area contributed by atoms with Gasteiger partial charge in [-0.3, -0.25) is 4.79 Å². The maximum Gasteiger partial charge on any atom is 0.226 e. The van der Waals surface area contributed by atoms with Gasteiger partial charge in [0, 0.05) is 18.7 Å². The molecular weight excluding hydrogens is 222 g/mol. The summed E-state index contributed by atoms with van der Waals surface area (Å²) in [4.78, 5) is 14.3. The fraction of sp³-hybridized carbons (Fsp3) is 0.562. The molecule has 2 heteroatoms. The summed E-state index contributed by atoms with van der Waals surface area (Å²) in [6.45, 7) is 5.17. The zero-order valence-electron chi connectivity index (χ0n) is 11.5. The van der Waals surface area contributed by atoms with Crippen molar-refractivity contribution in [3.8, 4) is 0 Å². The van der Waals surface area contributed by atoms with E-state index in [1.54, 1.807) is 0 Å². The number of carbonyl (C=O) groups excluding carboxylic acids is 1. The molecule has 2 rings (SSSR count). The minimum Gasteiger partial charge on any atom is -0.312 e. The lowest BCUT2D eigenvalue weighted by Crippen LogP contribution is -2.35. The van der Waals surface area contributed by atoms with E-state index in [1.807, 2.05) is 4.90 Å². The van der Waals surface area contributed by atoms with Crippen LogP contribution in [0.2, 0.25) is 0 Å². The van der Waals surface area contributed by atoms with Gasteiger partial charge in [0.1, 0.15) is 0 Å². The number of anilines is 1. The van der Waals surface area contributed by atoms with Crippen LogP contribution in [0.25, 0.3) is 0 Å². The van der Waals surface area contributed by atoms with Crippen molar-refractivity contribution in [2.24, 2.45) is 0 Å². The molecule has 1 aliphatic rings. The Hall–Kier alpha value is -1.31. The number of rotatable bonds is 4. The van der Waals surface area contributed by atoms with Crippen molar-refractivity contribution in [3.05, 3.63) is 29.3 Å². The van der Waals surface area contributed by atoms with Crippen LogP contribution in [0.5, 0.6) is 0 Å². The molecule has 0 saturated heterocycles. The number of para-hydroxylation sites is 1. The van der Waals surface area contributed by atoms with E-state index in [0.29, 0.717) is 12.3 Å². The van der Waals surface area contributed by atoms with Crippen molar-refractivity contribution in [1.82, 2.24) is 0 Å². The second-order valence-electron chi connectivity index (χ2n) is 5.19. The van der Waals surface area contributed by atoms with Gasteiger partial charge in [-0.05, 0) is 37.3 Å². The second-order valence-corrected chi connectivity index (χ2v) is 5.19. The number of fused-ring (bicyclic) bond motifs is 1. The molecule has 0 bridgehead atoms. The molecule has 1 aliphatic heterocycles. The third kappa shape index (κ3) is 2.74. The molecule has 0 atom stereocenters. The lowest BCUT2D eigenvalue weighted by atomic mass is 9.97. The van der Waals surface area contributed by atoms with Crippen molar-refractivity contribution in [2.75, 3.05) is 11.4 Å². The highest BCUT2D eigenvalue weighted by Crippen LogP contribution is 2.31. The summed E-state index contributed by atoms with van der Waals surface area (Å²) < 4.78 is 0. The zero-order valence-corrected chi connectivity index (χ0v) is 11.5. The van der Waals surface area contributed by atoms with Crippen LogP contribution in [-0.2, 0) is 11.2 Å². The number of amides is 1. The predicted octanol–water partition coefficient (Wildman–Crippen LogP) is 3.85. The van der Waals surface area contributed by atoms with Crippen molar-refractivity contribution in [1.29, 1.82) is 0 Å². The van der Waals surface area contributed by atoms with Gasteiger partial charge in [0.05, 0.1) is 0 Å². The van der Waals surface area contributed by atoms with Gasteiger partial charge in [0.15, 0.2) is 0 Å². The summed E-state index contributed by atoms with van der Waals surface area (Å²) in [5.74, 6) is 0.304. The van der Waals surface area contributed by atoms with Gasteiger partial charge in [-0.15, -0.1) is 0 Å². The molecule has 0 radical (unpaired) electrons. The molecule has 0 saturated carbocycles. The van der Waals surface area contributed by atoms with E-state index in [9.17, 15) is 4.79 Å². The fourth-order valence-electron chi connectivity index (χ4n) is 2.76. The lowest BCUT2D eigenvalue weighted by molar-refractivity contribution is -0.118. The second kappa shape index (κ2) is 6.03. The predicted molar refractivity (Wildman–Crippen MR) is 76.0 cm³/mol. The Morgan fingerprint density at radius 3 is 2.94 bits per heavy atom. The van der Waals surface area contributed by atoms with Crippen molar-refractivity contribution in [2.45, 2.75) is 52.4 Å². The number of nitrogens with zero attached hydrogens (tertiary/aromatic N) is 1. The Morgan fingerprint density at radius 2 is 2.17 bits per heavy atom. The molecule has 18 heavy (non-hydrogen) atoms. The summed E-state index contributed by atoms with van der Waals surface area (Å²) >= 11 is 0. The monoisotopic (exact) mass is 245 g/mol. The van der Waals surface area contributed by atoms with E-state index >= 15 is 0 Å². The molecule has 2 nitrogen and oxygen atoms in total. The standard InChI is InChI=1S/C16H23NO/c1-3-4-5-11-15(18)17-12-7-10-14-9-6-8-13(2)16(14)17/h6,8-9H,3-5,7,10-12H2,1-2H3. The Labute approximate surface area is 110 Å². The van der Waals surface area contributed by atoms with E-state index in [4.69, 9.17) is 0 Å². The number of carbonyl (C=O) groups is 1. The number of hydrogen-bond acceptors (Lipinski definition) is 1. The normalized spacial score (nSPS) is 14.4. The van der Waals surface area contributed by atoms with Crippen LogP contribution < -0.4 is 4.90 Å². The SMILES string of the molecule is CCCCCC(=O)N1CCCc2cccc(C)c21. The average Bonchev–Trinajstić information content (AvgIpc) is 2.38. The van der Waals surface area contributed by atoms with Crippen LogP contribution in [0.4, 0.5) is 5.69 Å². The minimum absolute atomic E-state index is 0.304. The molecule has 1 amide bonds. The van der Waals surface area contributed by atoms with E-state index in [2.05, 4.69) is 32.0 Å².